The summed E-state index contributed by atoms with van der Waals surface area (Å²) in [6.45, 7) is 0. The van der Waals surface area contributed by atoms with E-state index >= 15 is 0 Å². The van der Waals surface area contributed by atoms with E-state index in [0.29, 0.717) is 4.47 Å². The van der Waals surface area contributed by atoms with Gasteiger partial charge in [-0.25, -0.2) is 4.39 Å². The zero-order valence-corrected chi connectivity index (χ0v) is 9.39. The highest BCUT2D eigenvalue weighted by molar-refractivity contribution is 9.10. The molecule has 0 aliphatic carbocycles. The second-order valence-electron chi connectivity index (χ2n) is 2.90. The number of hydrogen-bond donors (Lipinski definition) is 1. The molecular weight excluding hydrogens is 270 g/mol. The van der Waals surface area contributed by atoms with E-state index in [2.05, 4.69) is 21.2 Å². The minimum atomic E-state index is -0.271. The largest absolute Gasteiger partial charge is 0.365 e. The van der Waals surface area contributed by atoms with Crippen LogP contribution in [0.3, 0.4) is 0 Å². The van der Waals surface area contributed by atoms with Crippen LogP contribution < -0.4 is 5.32 Å². The predicted octanol–water partition coefficient (Wildman–Crippen LogP) is 3.12. The topological polar surface area (TPSA) is 15.3 Å². The van der Waals surface area contributed by atoms with Gasteiger partial charge in [0.2, 0.25) is 0 Å². The first-order chi connectivity index (χ1) is 6.68. The zero-order chi connectivity index (χ0) is 10.1. The maximum Gasteiger partial charge on any atom is 0.141 e. The maximum atomic E-state index is 12.8. The van der Waals surface area contributed by atoms with Crippen molar-refractivity contribution in [3.8, 4) is 0 Å². The van der Waals surface area contributed by atoms with Crippen molar-refractivity contribution < 1.29 is 4.39 Å². The van der Waals surface area contributed by atoms with Gasteiger partial charge in [0.05, 0.1) is 0 Å². The SMILES string of the molecule is Fc1ccc(C2NC=CN2Cl)c(Br)c1. The lowest BCUT2D eigenvalue weighted by molar-refractivity contribution is 0.440. The number of hydrogen-bond acceptors (Lipinski definition) is 2. The van der Waals surface area contributed by atoms with E-state index in [1.165, 1.54) is 16.6 Å². The molecule has 0 radical (unpaired) electrons. The molecule has 0 bridgehead atoms. The van der Waals surface area contributed by atoms with Crippen molar-refractivity contribution in [2.45, 2.75) is 6.17 Å². The average molecular weight is 278 g/mol. The molecule has 5 heteroatoms. The molecule has 2 rings (SSSR count). The summed E-state index contributed by atoms with van der Waals surface area (Å²) in [5, 5.41) is 3.04. The van der Waals surface area contributed by atoms with E-state index in [9.17, 15) is 4.39 Å². The fraction of sp³-hybridized carbons (Fsp3) is 0.111. The molecule has 0 spiro atoms. The van der Waals surface area contributed by atoms with Crippen molar-refractivity contribution in [2.24, 2.45) is 0 Å². The van der Waals surface area contributed by atoms with Crippen LogP contribution in [-0.4, -0.2) is 4.42 Å². The van der Waals surface area contributed by atoms with Gasteiger partial charge in [0, 0.05) is 34.2 Å². The summed E-state index contributed by atoms with van der Waals surface area (Å²) < 4.78 is 15.0. The quantitative estimate of drug-likeness (QED) is 0.794. The molecule has 0 saturated carbocycles. The molecule has 1 unspecified atom stereocenters. The Bertz CT molecular complexity index is 383. The lowest BCUT2D eigenvalue weighted by atomic mass is 10.2. The van der Waals surface area contributed by atoms with E-state index < -0.39 is 0 Å². The Morgan fingerprint density at radius 3 is 2.86 bits per heavy atom. The molecule has 1 aromatic rings. The standard InChI is InChI=1S/C9H7BrClFN2/c10-8-5-6(12)1-2-7(8)9-13-3-4-14(9)11/h1-5,9,13H. The molecule has 1 heterocycles. The van der Waals surface area contributed by atoms with Crippen molar-refractivity contribution in [3.63, 3.8) is 0 Å². The highest BCUT2D eigenvalue weighted by Crippen LogP contribution is 2.30. The number of rotatable bonds is 1. The monoisotopic (exact) mass is 276 g/mol. The van der Waals surface area contributed by atoms with Gasteiger partial charge in [-0.2, -0.15) is 0 Å². The van der Waals surface area contributed by atoms with Crippen LogP contribution in [0, 0.1) is 5.82 Å². The first kappa shape index (κ1) is 9.80. The van der Waals surface area contributed by atoms with E-state index in [1.54, 1.807) is 18.5 Å². The van der Waals surface area contributed by atoms with Gasteiger partial charge in [-0.15, -0.1) is 0 Å². The molecule has 1 aliphatic heterocycles. The van der Waals surface area contributed by atoms with Gasteiger partial charge in [0.25, 0.3) is 0 Å². The summed E-state index contributed by atoms with van der Waals surface area (Å²) in [6, 6.07) is 4.52. The highest BCUT2D eigenvalue weighted by Gasteiger charge is 2.21. The van der Waals surface area contributed by atoms with E-state index in [4.69, 9.17) is 11.8 Å². The fourth-order valence-corrected chi connectivity index (χ4v) is 2.09. The Morgan fingerprint density at radius 2 is 2.29 bits per heavy atom. The lowest BCUT2D eigenvalue weighted by Gasteiger charge is -2.19. The minimum Gasteiger partial charge on any atom is -0.365 e. The first-order valence-electron chi connectivity index (χ1n) is 4.00. The van der Waals surface area contributed by atoms with Gasteiger partial charge >= 0.3 is 0 Å². The summed E-state index contributed by atoms with van der Waals surface area (Å²) in [5.74, 6) is -0.271. The van der Waals surface area contributed by atoms with Crippen LogP contribution in [0.4, 0.5) is 4.39 Å². The number of halogens is 3. The van der Waals surface area contributed by atoms with Crippen LogP contribution in [0.15, 0.2) is 35.1 Å². The molecule has 2 nitrogen and oxygen atoms in total. The Morgan fingerprint density at radius 1 is 1.50 bits per heavy atom. The second-order valence-corrected chi connectivity index (χ2v) is 4.14. The molecule has 1 aromatic carbocycles. The Kier molecular flexibility index (Phi) is 2.65. The van der Waals surface area contributed by atoms with Crippen LogP contribution in [0.5, 0.6) is 0 Å². The van der Waals surface area contributed by atoms with Crippen molar-refractivity contribution in [2.75, 3.05) is 0 Å². The third kappa shape index (κ3) is 1.72. The molecule has 14 heavy (non-hydrogen) atoms. The fourth-order valence-electron chi connectivity index (χ4n) is 1.31. The van der Waals surface area contributed by atoms with Crippen molar-refractivity contribution in [1.29, 1.82) is 0 Å². The normalized spacial score (nSPS) is 19.9. The lowest BCUT2D eigenvalue weighted by Crippen LogP contribution is -2.20. The third-order valence-corrected chi connectivity index (χ3v) is 2.97. The summed E-state index contributed by atoms with van der Waals surface area (Å²) in [7, 11) is 0. The van der Waals surface area contributed by atoms with Gasteiger partial charge in [-0.3, -0.25) is 4.42 Å². The molecule has 74 valence electrons. The van der Waals surface area contributed by atoms with Crippen LogP contribution >= 0.6 is 27.7 Å². The van der Waals surface area contributed by atoms with Crippen molar-refractivity contribution >= 4 is 27.7 Å². The van der Waals surface area contributed by atoms with E-state index in [0.717, 1.165) is 5.56 Å². The molecule has 0 fully saturated rings. The highest BCUT2D eigenvalue weighted by atomic mass is 79.9. The van der Waals surface area contributed by atoms with Crippen LogP contribution in [0.1, 0.15) is 11.7 Å². The molecule has 1 aliphatic rings. The Balaban J connectivity index is 2.33. The molecule has 0 amide bonds. The van der Waals surface area contributed by atoms with Gasteiger partial charge in [-0.05, 0) is 12.1 Å². The molecule has 0 aromatic heterocycles. The van der Waals surface area contributed by atoms with E-state index in [1.807, 2.05) is 0 Å². The Labute approximate surface area is 94.6 Å². The first-order valence-corrected chi connectivity index (χ1v) is 5.13. The van der Waals surface area contributed by atoms with Gasteiger partial charge in [0.1, 0.15) is 12.0 Å². The van der Waals surface area contributed by atoms with Gasteiger partial charge < -0.3 is 5.32 Å². The zero-order valence-electron chi connectivity index (χ0n) is 7.05. The van der Waals surface area contributed by atoms with Crippen molar-refractivity contribution in [1.82, 2.24) is 9.74 Å². The molecule has 1 atom stereocenters. The van der Waals surface area contributed by atoms with Crippen molar-refractivity contribution in [3.05, 3.63) is 46.5 Å². The molecule has 0 saturated heterocycles. The predicted molar refractivity (Wildman–Crippen MR) is 56.8 cm³/mol. The smallest absolute Gasteiger partial charge is 0.141 e. The van der Waals surface area contributed by atoms with Gasteiger partial charge in [-0.1, -0.05) is 22.0 Å². The second kappa shape index (κ2) is 3.79. The summed E-state index contributed by atoms with van der Waals surface area (Å²) in [5.41, 5.74) is 0.895. The Hall–Kier alpha value is -0.740. The summed E-state index contributed by atoms with van der Waals surface area (Å²) >= 11 is 9.19. The van der Waals surface area contributed by atoms with E-state index in [-0.39, 0.29) is 12.0 Å². The summed E-state index contributed by atoms with van der Waals surface area (Å²) in [4.78, 5) is 0. The number of nitrogens with zero attached hydrogens (tertiary/aromatic N) is 1. The van der Waals surface area contributed by atoms with Crippen LogP contribution in [-0.2, 0) is 0 Å². The van der Waals surface area contributed by atoms with Gasteiger partial charge in [0.15, 0.2) is 0 Å². The third-order valence-electron chi connectivity index (χ3n) is 1.97. The van der Waals surface area contributed by atoms with Crippen LogP contribution in [0.25, 0.3) is 0 Å². The summed E-state index contributed by atoms with van der Waals surface area (Å²) in [6.07, 6.45) is 3.31. The minimum absolute atomic E-state index is 0.147. The number of benzene rings is 1. The average Bonchev–Trinajstić information content (AvgIpc) is 2.52. The number of nitrogens with one attached hydrogen (secondary N) is 1. The molecular formula is C9H7BrClFN2. The van der Waals surface area contributed by atoms with Crippen LogP contribution in [0.2, 0.25) is 0 Å². The maximum absolute atomic E-state index is 12.8. The molecule has 1 N–H and O–H groups in total.